The van der Waals surface area contributed by atoms with Gasteiger partial charge in [0, 0.05) is 5.92 Å². The normalized spacial score (nSPS) is 27.2. The molecule has 1 unspecified atom stereocenters. The number of rotatable bonds is 2. The minimum atomic E-state index is -4.09. The highest BCUT2D eigenvalue weighted by atomic mass is 19.4. The maximum Gasteiger partial charge on any atom is 0.391 e. The SMILES string of the molecule is CC(N)c1noc(C2CCC(C(F)(F)F)CC2)n1. The summed E-state index contributed by atoms with van der Waals surface area (Å²) in [7, 11) is 0. The molecule has 0 amide bonds. The van der Waals surface area contributed by atoms with Crippen LogP contribution >= 0.6 is 0 Å². The van der Waals surface area contributed by atoms with Gasteiger partial charge in [0.25, 0.3) is 0 Å². The van der Waals surface area contributed by atoms with Gasteiger partial charge in [-0.25, -0.2) is 0 Å². The average molecular weight is 263 g/mol. The Kier molecular flexibility index (Phi) is 3.61. The van der Waals surface area contributed by atoms with Gasteiger partial charge in [-0.15, -0.1) is 0 Å². The standard InChI is InChI=1S/C11H16F3N3O/c1-6(15)9-16-10(18-17-9)7-2-4-8(5-3-7)11(12,13)14/h6-8H,2-5,15H2,1H3. The van der Waals surface area contributed by atoms with Crippen molar-refractivity contribution in [2.24, 2.45) is 11.7 Å². The third-order valence-corrected chi connectivity index (χ3v) is 3.40. The van der Waals surface area contributed by atoms with Crippen LogP contribution in [0, 0.1) is 5.92 Å². The molecule has 0 radical (unpaired) electrons. The van der Waals surface area contributed by atoms with Crippen LogP contribution < -0.4 is 5.73 Å². The molecule has 0 spiro atoms. The van der Waals surface area contributed by atoms with Gasteiger partial charge in [-0.2, -0.15) is 18.2 Å². The predicted molar refractivity (Wildman–Crippen MR) is 57.7 cm³/mol. The van der Waals surface area contributed by atoms with Gasteiger partial charge in [-0.05, 0) is 32.6 Å². The first-order valence-corrected chi connectivity index (χ1v) is 6.03. The Labute approximate surface area is 103 Å². The summed E-state index contributed by atoms with van der Waals surface area (Å²) in [4.78, 5) is 4.14. The fourth-order valence-electron chi connectivity index (χ4n) is 2.27. The predicted octanol–water partition coefficient (Wildman–Crippen LogP) is 2.93. The highest BCUT2D eigenvalue weighted by Crippen LogP contribution is 2.42. The van der Waals surface area contributed by atoms with Crippen molar-refractivity contribution in [2.45, 2.75) is 50.7 Å². The second-order valence-electron chi connectivity index (χ2n) is 4.87. The topological polar surface area (TPSA) is 64.9 Å². The third kappa shape index (κ3) is 2.82. The second-order valence-corrected chi connectivity index (χ2v) is 4.87. The quantitative estimate of drug-likeness (QED) is 0.891. The van der Waals surface area contributed by atoms with Crippen molar-refractivity contribution in [3.05, 3.63) is 11.7 Å². The summed E-state index contributed by atoms with van der Waals surface area (Å²) in [5, 5.41) is 3.73. The smallest absolute Gasteiger partial charge is 0.339 e. The molecule has 1 aliphatic rings. The van der Waals surface area contributed by atoms with Crippen molar-refractivity contribution in [3.8, 4) is 0 Å². The van der Waals surface area contributed by atoms with Gasteiger partial charge >= 0.3 is 6.18 Å². The Morgan fingerprint density at radius 2 is 1.89 bits per heavy atom. The van der Waals surface area contributed by atoms with Crippen LogP contribution in [0.4, 0.5) is 13.2 Å². The van der Waals surface area contributed by atoms with Crippen LogP contribution in [0.5, 0.6) is 0 Å². The summed E-state index contributed by atoms with van der Waals surface area (Å²) < 4.78 is 42.6. The number of hydrogen-bond donors (Lipinski definition) is 1. The highest BCUT2D eigenvalue weighted by Gasteiger charge is 2.42. The molecule has 18 heavy (non-hydrogen) atoms. The largest absolute Gasteiger partial charge is 0.391 e. The fraction of sp³-hybridized carbons (Fsp3) is 0.818. The van der Waals surface area contributed by atoms with E-state index >= 15 is 0 Å². The maximum absolute atomic E-state index is 12.5. The molecular formula is C11H16F3N3O. The maximum atomic E-state index is 12.5. The lowest BCUT2D eigenvalue weighted by molar-refractivity contribution is -0.182. The summed E-state index contributed by atoms with van der Waals surface area (Å²) in [5.74, 6) is -0.431. The van der Waals surface area contributed by atoms with E-state index in [2.05, 4.69) is 10.1 Å². The summed E-state index contributed by atoms with van der Waals surface area (Å²) in [5.41, 5.74) is 5.60. The lowest BCUT2D eigenvalue weighted by atomic mass is 9.81. The van der Waals surface area contributed by atoms with Crippen molar-refractivity contribution >= 4 is 0 Å². The van der Waals surface area contributed by atoms with Crippen molar-refractivity contribution in [2.75, 3.05) is 0 Å². The summed E-state index contributed by atoms with van der Waals surface area (Å²) in [6.07, 6.45) is -2.96. The van der Waals surface area contributed by atoms with Gasteiger partial charge in [-0.1, -0.05) is 5.16 Å². The third-order valence-electron chi connectivity index (χ3n) is 3.40. The number of hydrogen-bond acceptors (Lipinski definition) is 4. The molecule has 0 aliphatic heterocycles. The van der Waals surface area contributed by atoms with Crippen LogP contribution in [0.15, 0.2) is 4.52 Å². The number of alkyl halides is 3. The summed E-state index contributed by atoms with van der Waals surface area (Å²) in [6.45, 7) is 1.73. The molecular weight excluding hydrogens is 247 g/mol. The molecule has 1 atom stereocenters. The molecule has 0 saturated heterocycles. The van der Waals surface area contributed by atoms with Gasteiger partial charge in [0.15, 0.2) is 5.82 Å². The molecule has 1 heterocycles. The zero-order chi connectivity index (χ0) is 13.3. The Bertz CT molecular complexity index is 394. The van der Waals surface area contributed by atoms with Crippen molar-refractivity contribution in [3.63, 3.8) is 0 Å². The van der Waals surface area contributed by atoms with Crippen molar-refractivity contribution in [1.29, 1.82) is 0 Å². The molecule has 1 aliphatic carbocycles. The lowest BCUT2D eigenvalue weighted by Gasteiger charge is -2.27. The number of nitrogens with zero attached hydrogens (tertiary/aromatic N) is 2. The van der Waals surface area contributed by atoms with E-state index in [1.165, 1.54) is 0 Å². The monoisotopic (exact) mass is 263 g/mol. The van der Waals surface area contributed by atoms with E-state index in [9.17, 15) is 13.2 Å². The first-order valence-electron chi connectivity index (χ1n) is 6.03. The Morgan fingerprint density at radius 3 is 2.33 bits per heavy atom. The summed E-state index contributed by atoms with van der Waals surface area (Å²) >= 11 is 0. The van der Waals surface area contributed by atoms with Crippen molar-refractivity contribution in [1.82, 2.24) is 10.1 Å². The molecule has 1 saturated carbocycles. The minimum absolute atomic E-state index is 0.0661. The van der Waals surface area contributed by atoms with E-state index in [-0.39, 0.29) is 24.8 Å². The fourth-order valence-corrected chi connectivity index (χ4v) is 2.27. The lowest BCUT2D eigenvalue weighted by Crippen LogP contribution is -2.27. The minimum Gasteiger partial charge on any atom is -0.339 e. The van der Waals surface area contributed by atoms with E-state index in [1.807, 2.05) is 0 Å². The zero-order valence-corrected chi connectivity index (χ0v) is 10.1. The Morgan fingerprint density at radius 1 is 1.28 bits per heavy atom. The van der Waals surface area contributed by atoms with E-state index < -0.39 is 12.1 Å². The molecule has 102 valence electrons. The zero-order valence-electron chi connectivity index (χ0n) is 10.1. The van der Waals surface area contributed by atoms with Crippen LogP contribution in [0.3, 0.4) is 0 Å². The average Bonchev–Trinajstić information content (AvgIpc) is 2.77. The molecule has 1 aromatic rings. The first kappa shape index (κ1) is 13.3. The molecule has 4 nitrogen and oxygen atoms in total. The van der Waals surface area contributed by atoms with Gasteiger partial charge in [-0.3, -0.25) is 0 Å². The van der Waals surface area contributed by atoms with Crippen LogP contribution in [0.25, 0.3) is 0 Å². The van der Waals surface area contributed by atoms with Gasteiger partial charge < -0.3 is 10.3 Å². The second kappa shape index (κ2) is 4.87. The molecule has 0 bridgehead atoms. The van der Waals surface area contributed by atoms with E-state index in [4.69, 9.17) is 10.3 Å². The molecule has 7 heteroatoms. The Hall–Kier alpha value is -1.11. The molecule has 1 aromatic heterocycles. The first-order chi connectivity index (χ1) is 8.38. The summed E-state index contributed by atoms with van der Waals surface area (Å²) in [6, 6.07) is -0.325. The highest BCUT2D eigenvalue weighted by molar-refractivity contribution is 4.98. The Balaban J connectivity index is 1.97. The van der Waals surface area contributed by atoms with E-state index in [0.717, 1.165) is 0 Å². The molecule has 0 aromatic carbocycles. The van der Waals surface area contributed by atoms with Crippen LogP contribution in [0.2, 0.25) is 0 Å². The van der Waals surface area contributed by atoms with Gasteiger partial charge in [0.1, 0.15) is 0 Å². The number of halogens is 3. The van der Waals surface area contributed by atoms with Gasteiger partial charge in [0.05, 0.1) is 12.0 Å². The molecule has 2 rings (SSSR count). The van der Waals surface area contributed by atoms with Gasteiger partial charge in [0.2, 0.25) is 5.89 Å². The van der Waals surface area contributed by atoms with Crippen LogP contribution in [0.1, 0.15) is 56.3 Å². The van der Waals surface area contributed by atoms with Crippen LogP contribution in [-0.2, 0) is 0 Å². The molecule has 1 fully saturated rings. The number of nitrogens with two attached hydrogens (primary N) is 1. The van der Waals surface area contributed by atoms with Crippen LogP contribution in [-0.4, -0.2) is 16.3 Å². The number of aromatic nitrogens is 2. The van der Waals surface area contributed by atoms with E-state index in [0.29, 0.717) is 24.6 Å². The van der Waals surface area contributed by atoms with E-state index in [1.54, 1.807) is 6.92 Å². The van der Waals surface area contributed by atoms with Crippen molar-refractivity contribution < 1.29 is 17.7 Å². The molecule has 2 N–H and O–H groups in total.